The van der Waals surface area contributed by atoms with E-state index in [2.05, 4.69) is 5.32 Å². The Hall–Kier alpha value is -3.92. The highest BCUT2D eigenvalue weighted by molar-refractivity contribution is 7.92. The van der Waals surface area contributed by atoms with Gasteiger partial charge < -0.3 is 10.2 Å². The van der Waals surface area contributed by atoms with Gasteiger partial charge in [0.15, 0.2) is 0 Å². The maximum atomic E-state index is 14.6. The minimum absolute atomic E-state index is 0.0284. The van der Waals surface area contributed by atoms with Gasteiger partial charge in [0.05, 0.1) is 10.6 Å². The summed E-state index contributed by atoms with van der Waals surface area (Å²) in [6.45, 7) is 1.12. The fraction of sp³-hybridized carbons (Fsp3) is 0.297. The Labute approximate surface area is 291 Å². The summed E-state index contributed by atoms with van der Waals surface area (Å²) < 4.78 is 43.3. The van der Waals surface area contributed by atoms with Crippen molar-refractivity contribution in [2.24, 2.45) is 0 Å². The molecule has 1 aliphatic rings. The number of amides is 2. The van der Waals surface area contributed by atoms with E-state index >= 15 is 0 Å². The lowest BCUT2D eigenvalue weighted by Gasteiger charge is -2.35. The molecule has 1 aliphatic carbocycles. The van der Waals surface area contributed by atoms with Gasteiger partial charge in [0.1, 0.15) is 18.4 Å². The van der Waals surface area contributed by atoms with Crippen molar-refractivity contribution in [2.45, 2.75) is 69.0 Å². The average Bonchev–Trinajstić information content (AvgIpc) is 3.06. The lowest BCUT2D eigenvalue weighted by atomic mass is 9.94. The summed E-state index contributed by atoms with van der Waals surface area (Å²) in [7, 11) is -4.32. The molecule has 0 heterocycles. The average molecular weight is 711 g/mol. The normalized spacial score (nSPS) is 14.2. The van der Waals surface area contributed by atoms with Crippen LogP contribution in [0.1, 0.15) is 48.8 Å². The van der Waals surface area contributed by atoms with Crippen LogP contribution in [0.4, 0.5) is 10.1 Å². The van der Waals surface area contributed by atoms with Crippen LogP contribution in [0.15, 0.2) is 102 Å². The minimum atomic E-state index is -4.32. The van der Waals surface area contributed by atoms with Gasteiger partial charge in [-0.15, -0.1) is 0 Å². The quantitative estimate of drug-likeness (QED) is 0.163. The molecule has 0 unspecified atom stereocenters. The maximum absolute atomic E-state index is 14.6. The number of sulfonamides is 1. The number of benzene rings is 4. The molecule has 0 saturated heterocycles. The molecule has 4 aromatic carbocycles. The van der Waals surface area contributed by atoms with Crippen molar-refractivity contribution >= 4 is 50.7 Å². The van der Waals surface area contributed by atoms with Crippen molar-refractivity contribution in [3.05, 3.63) is 130 Å². The number of rotatable bonds is 12. The third-order valence-corrected chi connectivity index (χ3v) is 10.7. The molecule has 5 rings (SSSR count). The Morgan fingerprint density at radius 1 is 0.854 bits per heavy atom. The molecular formula is C37H38Cl2FN3O4S. The van der Waals surface area contributed by atoms with Gasteiger partial charge in [0, 0.05) is 29.1 Å². The molecule has 0 bridgehead atoms. The summed E-state index contributed by atoms with van der Waals surface area (Å²) in [5.74, 6) is -1.41. The first kappa shape index (κ1) is 35.4. The summed E-state index contributed by atoms with van der Waals surface area (Å²) >= 11 is 12.6. The van der Waals surface area contributed by atoms with E-state index in [1.807, 2.05) is 37.3 Å². The first-order chi connectivity index (χ1) is 23.0. The van der Waals surface area contributed by atoms with E-state index in [4.69, 9.17) is 23.2 Å². The molecule has 0 aromatic heterocycles. The molecule has 1 N–H and O–H groups in total. The van der Waals surface area contributed by atoms with Crippen molar-refractivity contribution in [1.82, 2.24) is 10.2 Å². The van der Waals surface area contributed by atoms with Crippen molar-refractivity contribution in [3.8, 4) is 0 Å². The Bertz CT molecular complexity index is 1800. The van der Waals surface area contributed by atoms with Crippen LogP contribution in [0.2, 0.25) is 10.0 Å². The number of anilines is 1. The van der Waals surface area contributed by atoms with Crippen LogP contribution in [0.5, 0.6) is 0 Å². The van der Waals surface area contributed by atoms with Crippen LogP contribution < -0.4 is 9.62 Å². The number of hydrogen-bond donors (Lipinski definition) is 1. The van der Waals surface area contributed by atoms with Gasteiger partial charge in [-0.3, -0.25) is 13.9 Å². The molecular weight excluding hydrogens is 672 g/mol. The fourth-order valence-electron chi connectivity index (χ4n) is 5.93. The van der Waals surface area contributed by atoms with Crippen molar-refractivity contribution in [2.75, 3.05) is 10.8 Å². The first-order valence-corrected chi connectivity index (χ1v) is 18.1. The molecule has 0 radical (unpaired) electrons. The highest BCUT2D eigenvalue weighted by Gasteiger charge is 2.35. The molecule has 48 heavy (non-hydrogen) atoms. The van der Waals surface area contributed by atoms with E-state index in [-0.39, 0.29) is 45.5 Å². The van der Waals surface area contributed by atoms with E-state index < -0.39 is 34.3 Å². The van der Waals surface area contributed by atoms with Crippen molar-refractivity contribution in [3.63, 3.8) is 0 Å². The summed E-state index contributed by atoms with van der Waals surface area (Å²) in [4.78, 5) is 30.2. The number of aryl methyl sites for hydroxylation is 1. The number of carbonyl (C=O) groups excluding carboxylic acids is 2. The van der Waals surface area contributed by atoms with Gasteiger partial charge in [0.25, 0.3) is 10.0 Å². The van der Waals surface area contributed by atoms with E-state index in [1.54, 1.807) is 24.3 Å². The second kappa shape index (κ2) is 16.0. The molecule has 7 nitrogen and oxygen atoms in total. The van der Waals surface area contributed by atoms with E-state index in [0.29, 0.717) is 5.56 Å². The topological polar surface area (TPSA) is 86.8 Å². The van der Waals surface area contributed by atoms with E-state index in [1.165, 1.54) is 47.4 Å². The van der Waals surface area contributed by atoms with Crippen LogP contribution >= 0.6 is 23.2 Å². The Morgan fingerprint density at radius 2 is 1.48 bits per heavy atom. The second-order valence-corrected chi connectivity index (χ2v) is 14.9. The van der Waals surface area contributed by atoms with E-state index in [9.17, 15) is 22.4 Å². The highest BCUT2D eigenvalue weighted by Crippen LogP contribution is 2.30. The molecule has 0 spiro atoms. The molecule has 0 aliphatic heterocycles. The van der Waals surface area contributed by atoms with Crippen LogP contribution in [-0.4, -0.2) is 43.8 Å². The minimum Gasteiger partial charge on any atom is -0.352 e. The molecule has 4 aromatic rings. The zero-order valence-corrected chi connectivity index (χ0v) is 28.9. The largest absolute Gasteiger partial charge is 0.352 e. The molecule has 252 valence electrons. The van der Waals surface area contributed by atoms with Gasteiger partial charge in [0.2, 0.25) is 11.8 Å². The zero-order chi connectivity index (χ0) is 34.3. The lowest BCUT2D eigenvalue weighted by Crippen LogP contribution is -2.55. The van der Waals surface area contributed by atoms with Crippen LogP contribution in [-0.2, 0) is 32.6 Å². The Balaban J connectivity index is 1.58. The van der Waals surface area contributed by atoms with Crippen molar-refractivity contribution in [1.29, 1.82) is 0 Å². The first-order valence-electron chi connectivity index (χ1n) is 15.9. The summed E-state index contributed by atoms with van der Waals surface area (Å²) in [6, 6.07) is 24.6. The Morgan fingerprint density at radius 3 is 2.10 bits per heavy atom. The SMILES string of the molecule is Cc1ccc(S(=O)(=O)N(CC(=O)N(Cc2ccc(F)cc2)[C@@H](Cc2ccccc2)C(=O)NC2CCCCC2)c2cc(Cl)cc(Cl)c2)cc1. The zero-order valence-electron chi connectivity index (χ0n) is 26.6. The number of carbonyl (C=O) groups is 2. The molecule has 11 heteroatoms. The summed E-state index contributed by atoms with van der Waals surface area (Å²) in [5.41, 5.74) is 2.35. The monoisotopic (exact) mass is 709 g/mol. The number of nitrogens with zero attached hydrogens (tertiary/aromatic N) is 2. The fourth-order valence-corrected chi connectivity index (χ4v) is 7.85. The van der Waals surface area contributed by atoms with Gasteiger partial charge in [-0.05, 0) is 73.4 Å². The van der Waals surface area contributed by atoms with Gasteiger partial charge in [-0.1, -0.05) is 103 Å². The molecule has 2 amide bonds. The number of hydrogen-bond acceptors (Lipinski definition) is 4. The smallest absolute Gasteiger partial charge is 0.264 e. The Kier molecular flexibility index (Phi) is 11.8. The third-order valence-electron chi connectivity index (χ3n) is 8.51. The van der Waals surface area contributed by atoms with Gasteiger partial charge >= 0.3 is 0 Å². The molecule has 1 atom stereocenters. The van der Waals surface area contributed by atoms with Gasteiger partial charge in [-0.2, -0.15) is 0 Å². The lowest BCUT2D eigenvalue weighted by molar-refractivity contribution is -0.140. The second-order valence-electron chi connectivity index (χ2n) is 12.1. The molecule has 1 saturated carbocycles. The van der Waals surface area contributed by atoms with E-state index in [0.717, 1.165) is 47.5 Å². The number of halogens is 3. The van der Waals surface area contributed by atoms with Crippen LogP contribution in [0, 0.1) is 12.7 Å². The standard InChI is InChI=1S/C37H38Cl2FN3O4S/c1-26-12-18-34(19-13-26)48(46,47)43(33-22-29(38)21-30(39)23-33)25-36(44)42(24-28-14-16-31(40)17-15-28)35(20-27-8-4-2-5-9-27)37(45)41-32-10-6-3-7-11-32/h2,4-5,8-9,12-19,21-23,32,35H,3,6-7,10-11,20,24-25H2,1H3,(H,41,45)/t35-/m0/s1. The predicted octanol–water partition coefficient (Wildman–Crippen LogP) is 7.73. The van der Waals surface area contributed by atoms with Crippen LogP contribution in [0.3, 0.4) is 0 Å². The van der Waals surface area contributed by atoms with Crippen molar-refractivity contribution < 1.29 is 22.4 Å². The van der Waals surface area contributed by atoms with Gasteiger partial charge in [-0.25, -0.2) is 12.8 Å². The predicted molar refractivity (Wildman–Crippen MR) is 188 cm³/mol. The highest BCUT2D eigenvalue weighted by atomic mass is 35.5. The summed E-state index contributed by atoms with van der Waals surface area (Å²) in [5, 5.41) is 3.54. The maximum Gasteiger partial charge on any atom is 0.264 e. The summed E-state index contributed by atoms with van der Waals surface area (Å²) in [6.07, 6.45) is 4.97. The molecule has 1 fully saturated rings. The third kappa shape index (κ3) is 9.15. The van der Waals surface area contributed by atoms with Crippen LogP contribution in [0.25, 0.3) is 0 Å². The number of nitrogens with one attached hydrogen (secondary N) is 1.